The maximum absolute atomic E-state index is 13.9. The molecule has 0 unspecified atom stereocenters. The van der Waals surface area contributed by atoms with Crippen molar-refractivity contribution in [1.82, 2.24) is 21.0 Å². The van der Waals surface area contributed by atoms with Gasteiger partial charge in [-0.3, -0.25) is 9.99 Å². The van der Waals surface area contributed by atoms with Crippen LogP contribution in [0.4, 0.5) is 24.5 Å². The summed E-state index contributed by atoms with van der Waals surface area (Å²) in [5, 5.41) is 37.9. The van der Waals surface area contributed by atoms with Crippen LogP contribution in [0.25, 0.3) is 10.9 Å². The van der Waals surface area contributed by atoms with E-state index in [1.54, 1.807) is 37.3 Å². The first-order valence-corrected chi connectivity index (χ1v) is 13.7. The van der Waals surface area contributed by atoms with Gasteiger partial charge in [-0.25, -0.2) is 0 Å². The maximum atomic E-state index is 13.9. The lowest BCUT2D eigenvalue weighted by Gasteiger charge is -2.28. The molecular weight excluding hydrogens is 555 g/mol. The van der Waals surface area contributed by atoms with Crippen LogP contribution in [0.15, 0.2) is 48.4 Å². The number of alkyl halides is 3. The summed E-state index contributed by atoms with van der Waals surface area (Å²) in [5.74, 6) is 0. The van der Waals surface area contributed by atoms with Crippen molar-refractivity contribution >= 4 is 22.3 Å². The number of anilines is 2. The highest BCUT2D eigenvalue weighted by Crippen LogP contribution is 2.53. The Balaban J connectivity index is 1.64. The first kappa shape index (κ1) is 29.5. The third-order valence-electron chi connectivity index (χ3n) is 7.74. The highest BCUT2D eigenvalue weighted by Gasteiger charge is 2.67. The Morgan fingerprint density at radius 3 is 2.35 bits per heavy atom. The minimum atomic E-state index is -4.44. The molecule has 0 saturated heterocycles. The molecule has 0 bridgehead atoms. The van der Waals surface area contributed by atoms with Crippen LogP contribution in [0.2, 0.25) is 0 Å². The molecule has 1 fully saturated rings. The highest BCUT2D eigenvalue weighted by atomic mass is 19.4. The van der Waals surface area contributed by atoms with Gasteiger partial charge in [-0.15, -0.1) is 5.53 Å². The van der Waals surface area contributed by atoms with E-state index in [9.17, 15) is 29.0 Å². The Labute approximate surface area is 247 Å². The summed E-state index contributed by atoms with van der Waals surface area (Å²) < 4.78 is 41.8. The van der Waals surface area contributed by atoms with Crippen LogP contribution in [0.3, 0.4) is 0 Å². The largest absolute Gasteiger partial charge is 0.413 e. The van der Waals surface area contributed by atoms with Crippen molar-refractivity contribution < 1.29 is 13.2 Å². The third-order valence-corrected chi connectivity index (χ3v) is 7.74. The van der Waals surface area contributed by atoms with Crippen LogP contribution < -0.4 is 21.6 Å². The minimum Gasteiger partial charge on any atom is -0.383 e. The van der Waals surface area contributed by atoms with E-state index in [1.807, 2.05) is 0 Å². The fourth-order valence-electron chi connectivity index (χ4n) is 5.16. The Morgan fingerprint density at radius 2 is 1.74 bits per heavy atom. The number of benzene rings is 2. The topological polar surface area (TPSA) is 136 Å². The van der Waals surface area contributed by atoms with Crippen molar-refractivity contribution in [1.29, 1.82) is 15.8 Å². The van der Waals surface area contributed by atoms with Gasteiger partial charge in [-0.1, -0.05) is 32.9 Å². The van der Waals surface area contributed by atoms with E-state index in [2.05, 4.69) is 65.6 Å². The van der Waals surface area contributed by atoms with E-state index >= 15 is 0 Å². The molecule has 1 atom stereocenters. The summed E-state index contributed by atoms with van der Waals surface area (Å²) in [6.07, 6.45) is -1.68. The monoisotopic (exact) mass is 585 g/mol. The lowest BCUT2D eigenvalue weighted by Crippen LogP contribution is -2.52. The van der Waals surface area contributed by atoms with E-state index in [4.69, 9.17) is 0 Å². The van der Waals surface area contributed by atoms with E-state index in [-0.39, 0.29) is 23.8 Å². The third kappa shape index (κ3) is 5.48. The summed E-state index contributed by atoms with van der Waals surface area (Å²) >= 11 is 0. The fraction of sp³-hybridized carbons (Fsp3) is 0.355. The molecule has 0 radical (unpaired) electrons. The van der Waals surface area contributed by atoms with Crippen LogP contribution in [-0.4, -0.2) is 28.3 Å². The number of pyridine rings is 1. The van der Waals surface area contributed by atoms with Gasteiger partial charge in [0.25, 0.3) is 0 Å². The van der Waals surface area contributed by atoms with E-state index < -0.39 is 17.8 Å². The first-order valence-electron chi connectivity index (χ1n) is 13.7. The van der Waals surface area contributed by atoms with E-state index in [1.165, 1.54) is 12.4 Å². The molecule has 1 saturated carbocycles. The number of nitrogens with zero attached hydrogens (tertiary/aromatic N) is 5. The summed E-state index contributed by atoms with van der Waals surface area (Å²) in [5.41, 5.74) is 7.58. The van der Waals surface area contributed by atoms with Gasteiger partial charge in [0.15, 0.2) is 5.54 Å². The molecule has 1 aromatic heterocycles. The van der Waals surface area contributed by atoms with Crippen LogP contribution in [-0.2, 0) is 0 Å². The molecule has 43 heavy (non-hydrogen) atoms. The summed E-state index contributed by atoms with van der Waals surface area (Å²) in [7, 11) is 0. The predicted octanol–water partition coefficient (Wildman–Crippen LogP) is 6.03. The molecule has 220 valence electrons. The second kappa shape index (κ2) is 10.7. The molecular formula is C31H30F3N9. The number of hydrogen-bond donors (Lipinski definition) is 4. The Kier molecular flexibility index (Phi) is 7.33. The smallest absolute Gasteiger partial charge is 0.383 e. The molecule has 12 heteroatoms. The molecule has 5 rings (SSSR count). The Morgan fingerprint density at radius 1 is 1.05 bits per heavy atom. The van der Waals surface area contributed by atoms with E-state index in [0.29, 0.717) is 56.8 Å². The molecule has 0 spiro atoms. The molecule has 9 nitrogen and oxygen atoms in total. The number of fused-ring (bicyclic) bond motifs is 1. The number of nitriles is 3. The van der Waals surface area contributed by atoms with Gasteiger partial charge in [0.2, 0.25) is 0 Å². The van der Waals surface area contributed by atoms with Gasteiger partial charge >= 0.3 is 6.18 Å². The molecule has 2 aromatic carbocycles. The number of hydrogen-bond acceptors (Lipinski definition) is 9. The fourth-order valence-corrected chi connectivity index (χ4v) is 5.16. The Bertz CT molecular complexity index is 1750. The SMILES string of the molecule is Cc1c(C#N)cccc1[C@H](Nc1cc(C#N)c2ncc(C#N)c(NCC(C)(C)C)c2c1)C1=CN(C2(C(F)(F)F)CC2)NN1. The maximum Gasteiger partial charge on any atom is 0.413 e. The molecule has 0 amide bonds. The molecule has 1 aliphatic carbocycles. The summed E-state index contributed by atoms with van der Waals surface area (Å²) in [6.45, 7) is 8.48. The number of aromatic nitrogens is 1. The predicted molar refractivity (Wildman–Crippen MR) is 156 cm³/mol. The molecule has 4 N–H and O–H groups in total. The molecule has 2 aliphatic rings. The summed E-state index contributed by atoms with van der Waals surface area (Å²) in [6, 6.07) is 14.3. The highest BCUT2D eigenvalue weighted by molar-refractivity contribution is 5.99. The van der Waals surface area contributed by atoms with Crippen molar-refractivity contribution in [2.45, 2.75) is 58.3 Å². The van der Waals surface area contributed by atoms with Gasteiger partial charge in [-0.05, 0) is 54.5 Å². The quantitative estimate of drug-likeness (QED) is 0.262. The zero-order valence-corrected chi connectivity index (χ0v) is 24.1. The normalized spacial score (nSPS) is 16.4. The van der Waals surface area contributed by atoms with Gasteiger partial charge in [0.1, 0.15) is 12.1 Å². The number of halogens is 3. The standard InChI is InChI=1S/C31H30F3N9/c1-18-19(12-35)6-5-7-23(18)28(25-16-43(42-41-25)30(8-9-30)31(32,33)34)40-22-10-20(13-36)26-24(11-22)27(21(14-37)15-38-26)39-17-29(2,3)4/h5-7,10-11,15-16,28,40-42H,8-9,17H2,1-4H3,(H,38,39)/t28-/m0/s1. The molecule has 3 aromatic rings. The Hall–Kier alpha value is -4.99. The number of hydrazine groups is 2. The van der Waals surface area contributed by atoms with Gasteiger partial charge < -0.3 is 16.1 Å². The lowest BCUT2D eigenvalue weighted by atomic mass is 9.94. The van der Waals surface area contributed by atoms with Crippen molar-refractivity contribution in [3.63, 3.8) is 0 Å². The molecule has 1 aliphatic heterocycles. The van der Waals surface area contributed by atoms with E-state index in [0.717, 1.165) is 5.01 Å². The second-order valence-corrected chi connectivity index (χ2v) is 12.0. The van der Waals surface area contributed by atoms with Crippen LogP contribution in [0, 0.1) is 46.3 Å². The number of rotatable bonds is 7. The minimum absolute atomic E-state index is 0.0369. The van der Waals surface area contributed by atoms with Gasteiger partial charge in [0.05, 0.1) is 45.7 Å². The van der Waals surface area contributed by atoms with Crippen LogP contribution in [0.1, 0.15) is 67.5 Å². The summed E-state index contributed by atoms with van der Waals surface area (Å²) in [4.78, 5) is 4.39. The average Bonchev–Trinajstić information content (AvgIpc) is 3.65. The van der Waals surface area contributed by atoms with Crippen LogP contribution >= 0.6 is 0 Å². The first-order chi connectivity index (χ1) is 20.3. The van der Waals surface area contributed by atoms with Crippen molar-refractivity contribution in [3.05, 3.63) is 76.2 Å². The average molecular weight is 586 g/mol. The number of nitrogens with one attached hydrogen (secondary N) is 4. The van der Waals surface area contributed by atoms with Gasteiger partial charge in [-0.2, -0.15) is 29.0 Å². The zero-order chi connectivity index (χ0) is 31.2. The van der Waals surface area contributed by atoms with Crippen molar-refractivity contribution in [2.24, 2.45) is 5.41 Å². The van der Waals surface area contributed by atoms with Crippen molar-refractivity contribution in [2.75, 3.05) is 17.2 Å². The lowest BCUT2D eigenvalue weighted by molar-refractivity contribution is -0.195. The van der Waals surface area contributed by atoms with Gasteiger partial charge in [0, 0.05) is 30.0 Å². The molecule has 2 heterocycles. The second-order valence-electron chi connectivity index (χ2n) is 12.0. The van der Waals surface area contributed by atoms with Crippen molar-refractivity contribution in [3.8, 4) is 18.2 Å². The van der Waals surface area contributed by atoms with Crippen LogP contribution in [0.5, 0.6) is 0 Å². The zero-order valence-electron chi connectivity index (χ0n) is 24.1.